The number of thiophene rings is 1. The summed E-state index contributed by atoms with van der Waals surface area (Å²) in [5, 5.41) is 3.93. The molecule has 18 heavy (non-hydrogen) atoms. The van der Waals surface area contributed by atoms with Crippen molar-refractivity contribution in [3.63, 3.8) is 0 Å². The SMILES string of the molecule is CNC(c1ccc(Cl)s1)c1ccc(OC)cc1Cl. The lowest BCUT2D eigenvalue weighted by atomic mass is 10.1. The zero-order valence-electron chi connectivity index (χ0n) is 10.0. The fourth-order valence-electron chi connectivity index (χ4n) is 1.80. The Kier molecular flexibility index (Phi) is 4.51. The van der Waals surface area contributed by atoms with Crippen LogP contribution in [0.25, 0.3) is 0 Å². The lowest BCUT2D eigenvalue weighted by molar-refractivity contribution is 0.414. The number of hydrogen-bond donors (Lipinski definition) is 1. The van der Waals surface area contributed by atoms with Gasteiger partial charge >= 0.3 is 0 Å². The minimum absolute atomic E-state index is 0.0425. The van der Waals surface area contributed by atoms with Crippen LogP contribution in [0.15, 0.2) is 30.3 Å². The number of hydrogen-bond acceptors (Lipinski definition) is 3. The Morgan fingerprint density at radius 1 is 1.22 bits per heavy atom. The topological polar surface area (TPSA) is 21.3 Å². The summed E-state index contributed by atoms with van der Waals surface area (Å²) < 4.78 is 5.92. The molecule has 0 saturated carbocycles. The molecule has 0 aliphatic heterocycles. The van der Waals surface area contributed by atoms with Gasteiger partial charge in [0, 0.05) is 9.90 Å². The number of methoxy groups -OCH3 is 1. The lowest BCUT2D eigenvalue weighted by Crippen LogP contribution is -2.16. The molecule has 2 aromatic rings. The number of nitrogens with one attached hydrogen (secondary N) is 1. The van der Waals surface area contributed by atoms with Crippen LogP contribution in [0.1, 0.15) is 16.5 Å². The second kappa shape index (κ2) is 5.93. The summed E-state index contributed by atoms with van der Waals surface area (Å²) in [7, 11) is 3.53. The first-order valence-electron chi connectivity index (χ1n) is 5.41. The third-order valence-electron chi connectivity index (χ3n) is 2.69. The molecule has 1 aromatic carbocycles. The predicted molar refractivity (Wildman–Crippen MR) is 78.2 cm³/mol. The van der Waals surface area contributed by atoms with Gasteiger partial charge in [0.15, 0.2) is 0 Å². The van der Waals surface area contributed by atoms with Crippen molar-refractivity contribution in [3.8, 4) is 5.75 Å². The smallest absolute Gasteiger partial charge is 0.120 e. The van der Waals surface area contributed by atoms with Gasteiger partial charge < -0.3 is 10.1 Å². The van der Waals surface area contributed by atoms with E-state index >= 15 is 0 Å². The Balaban J connectivity index is 2.39. The maximum Gasteiger partial charge on any atom is 0.120 e. The largest absolute Gasteiger partial charge is 0.497 e. The standard InChI is InChI=1S/C13H13Cl2NOS/c1-16-13(11-5-6-12(15)18-11)9-4-3-8(17-2)7-10(9)14/h3-7,13,16H,1-2H3. The average molecular weight is 302 g/mol. The van der Waals surface area contributed by atoms with Crippen LogP contribution in [-0.4, -0.2) is 14.2 Å². The van der Waals surface area contributed by atoms with Gasteiger partial charge in [-0.15, -0.1) is 11.3 Å². The second-order valence-electron chi connectivity index (χ2n) is 3.75. The summed E-state index contributed by atoms with van der Waals surface area (Å²) in [6.45, 7) is 0. The monoisotopic (exact) mass is 301 g/mol. The molecule has 0 saturated heterocycles. The van der Waals surface area contributed by atoms with Crippen molar-refractivity contribution in [2.45, 2.75) is 6.04 Å². The van der Waals surface area contributed by atoms with E-state index in [1.807, 2.05) is 37.4 Å². The summed E-state index contributed by atoms with van der Waals surface area (Å²) in [5.41, 5.74) is 1.01. The van der Waals surface area contributed by atoms with Crippen molar-refractivity contribution >= 4 is 34.5 Å². The Hall–Kier alpha value is -0.740. The molecule has 0 amide bonds. The third-order valence-corrected chi connectivity index (χ3v) is 4.31. The number of rotatable bonds is 4. The highest BCUT2D eigenvalue weighted by Gasteiger charge is 2.17. The van der Waals surface area contributed by atoms with Crippen LogP contribution in [0, 0.1) is 0 Å². The molecule has 0 bridgehead atoms. The van der Waals surface area contributed by atoms with Crippen LogP contribution in [0.5, 0.6) is 5.75 Å². The lowest BCUT2D eigenvalue weighted by Gasteiger charge is -2.17. The van der Waals surface area contributed by atoms with Gasteiger partial charge in [-0.3, -0.25) is 0 Å². The molecular formula is C13H13Cl2NOS. The normalized spacial score (nSPS) is 12.4. The van der Waals surface area contributed by atoms with Crippen molar-refractivity contribution in [2.75, 3.05) is 14.2 Å². The first-order valence-corrected chi connectivity index (χ1v) is 6.99. The number of benzene rings is 1. The molecule has 0 fully saturated rings. The van der Waals surface area contributed by atoms with Gasteiger partial charge in [-0.25, -0.2) is 0 Å². The molecule has 1 N–H and O–H groups in total. The molecule has 5 heteroatoms. The van der Waals surface area contributed by atoms with Crippen LogP contribution >= 0.6 is 34.5 Å². The number of ether oxygens (including phenoxy) is 1. The fraction of sp³-hybridized carbons (Fsp3) is 0.231. The van der Waals surface area contributed by atoms with E-state index in [0.29, 0.717) is 5.02 Å². The summed E-state index contributed by atoms with van der Waals surface area (Å²) in [4.78, 5) is 1.13. The van der Waals surface area contributed by atoms with E-state index in [9.17, 15) is 0 Å². The van der Waals surface area contributed by atoms with Crippen molar-refractivity contribution in [2.24, 2.45) is 0 Å². The maximum absolute atomic E-state index is 6.29. The van der Waals surface area contributed by atoms with E-state index in [-0.39, 0.29) is 6.04 Å². The van der Waals surface area contributed by atoms with E-state index in [2.05, 4.69) is 5.32 Å². The minimum atomic E-state index is 0.0425. The van der Waals surface area contributed by atoms with Crippen LogP contribution in [0.3, 0.4) is 0 Å². The highest BCUT2D eigenvalue weighted by molar-refractivity contribution is 7.16. The Bertz CT molecular complexity index is 542. The van der Waals surface area contributed by atoms with Gasteiger partial charge in [0.05, 0.1) is 17.5 Å². The zero-order chi connectivity index (χ0) is 13.1. The van der Waals surface area contributed by atoms with Gasteiger partial charge in [0.1, 0.15) is 5.75 Å². The molecule has 1 atom stereocenters. The van der Waals surface area contributed by atoms with Crippen LogP contribution < -0.4 is 10.1 Å². The molecule has 1 heterocycles. The minimum Gasteiger partial charge on any atom is -0.497 e. The van der Waals surface area contributed by atoms with Gasteiger partial charge in [0.2, 0.25) is 0 Å². The quantitative estimate of drug-likeness (QED) is 0.905. The van der Waals surface area contributed by atoms with Crippen molar-refractivity contribution < 1.29 is 4.74 Å². The van der Waals surface area contributed by atoms with Crippen molar-refractivity contribution in [3.05, 3.63) is 50.1 Å². The fourth-order valence-corrected chi connectivity index (χ4v) is 3.27. The van der Waals surface area contributed by atoms with Crippen molar-refractivity contribution in [1.29, 1.82) is 0 Å². The Labute approximate surface area is 120 Å². The molecule has 2 nitrogen and oxygen atoms in total. The van der Waals surface area contributed by atoms with Crippen LogP contribution in [0.2, 0.25) is 9.36 Å². The maximum atomic E-state index is 6.29. The molecule has 2 rings (SSSR count). The molecule has 0 aliphatic rings. The molecule has 0 spiro atoms. The Morgan fingerprint density at radius 2 is 2.00 bits per heavy atom. The van der Waals surface area contributed by atoms with Gasteiger partial charge in [-0.1, -0.05) is 29.3 Å². The van der Waals surface area contributed by atoms with E-state index in [0.717, 1.165) is 20.5 Å². The number of halogens is 2. The molecule has 1 aromatic heterocycles. The summed E-state index contributed by atoms with van der Waals surface area (Å²) >= 11 is 13.8. The zero-order valence-corrected chi connectivity index (χ0v) is 12.4. The summed E-state index contributed by atoms with van der Waals surface area (Å²) in [6, 6.07) is 9.63. The molecule has 1 unspecified atom stereocenters. The summed E-state index contributed by atoms with van der Waals surface area (Å²) in [5.74, 6) is 0.753. The predicted octanol–water partition coefficient (Wildman–Crippen LogP) is 4.37. The highest BCUT2D eigenvalue weighted by Crippen LogP contribution is 2.35. The van der Waals surface area contributed by atoms with Crippen molar-refractivity contribution in [1.82, 2.24) is 5.32 Å². The van der Waals surface area contributed by atoms with Gasteiger partial charge in [-0.05, 0) is 36.9 Å². The van der Waals surface area contributed by atoms with E-state index < -0.39 is 0 Å². The highest BCUT2D eigenvalue weighted by atomic mass is 35.5. The first kappa shape index (κ1) is 13.7. The van der Waals surface area contributed by atoms with Gasteiger partial charge in [0.25, 0.3) is 0 Å². The summed E-state index contributed by atoms with van der Waals surface area (Å²) in [6.07, 6.45) is 0. The molecule has 0 radical (unpaired) electrons. The van der Waals surface area contributed by atoms with Crippen LogP contribution in [0.4, 0.5) is 0 Å². The average Bonchev–Trinajstić information content (AvgIpc) is 2.78. The second-order valence-corrected chi connectivity index (χ2v) is 5.90. The van der Waals surface area contributed by atoms with Crippen LogP contribution in [-0.2, 0) is 0 Å². The van der Waals surface area contributed by atoms with Gasteiger partial charge in [-0.2, -0.15) is 0 Å². The molecule has 96 valence electrons. The van der Waals surface area contributed by atoms with E-state index in [4.69, 9.17) is 27.9 Å². The van der Waals surface area contributed by atoms with E-state index in [1.165, 1.54) is 0 Å². The third kappa shape index (κ3) is 2.81. The molecule has 0 aliphatic carbocycles. The molecular weight excluding hydrogens is 289 g/mol. The van der Waals surface area contributed by atoms with E-state index in [1.54, 1.807) is 18.4 Å². The Morgan fingerprint density at radius 3 is 2.50 bits per heavy atom. The first-order chi connectivity index (χ1) is 8.65.